The molecule has 0 unspecified atom stereocenters. The number of rotatable bonds is 3. The Morgan fingerprint density at radius 3 is 2.88 bits per heavy atom. The molecule has 1 aromatic carbocycles. The van der Waals surface area contributed by atoms with Gasteiger partial charge < -0.3 is 5.32 Å². The summed E-state index contributed by atoms with van der Waals surface area (Å²) in [5.74, 6) is 0.898. The topological polar surface area (TPSA) is 41.5 Å². The molecule has 0 fully saturated rings. The van der Waals surface area contributed by atoms with Crippen molar-refractivity contribution in [3.8, 4) is 0 Å². The molecule has 1 amide bonds. The van der Waals surface area contributed by atoms with Gasteiger partial charge in [-0.25, -0.2) is 4.39 Å². The fourth-order valence-corrected chi connectivity index (χ4v) is 2.69. The van der Waals surface area contributed by atoms with E-state index in [1.165, 1.54) is 23.9 Å². The van der Waals surface area contributed by atoms with Crippen molar-refractivity contribution in [1.82, 2.24) is 5.32 Å². The van der Waals surface area contributed by atoms with E-state index in [1.807, 2.05) is 0 Å². The molecule has 0 saturated heterocycles. The van der Waals surface area contributed by atoms with Gasteiger partial charge in [-0.3, -0.25) is 9.79 Å². The van der Waals surface area contributed by atoms with Crippen LogP contribution in [0.5, 0.6) is 0 Å². The number of nitrogens with one attached hydrogen (secondary N) is 1. The van der Waals surface area contributed by atoms with Gasteiger partial charge in [-0.05, 0) is 24.3 Å². The van der Waals surface area contributed by atoms with Crippen LogP contribution >= 0.6 is 23.5 Å². The van der Waals surface area contributed by atoms with Crippen LogP contribution < -0.4 is 5.32 Å². The van der Waals surface area contributed by atoms with Crippen molar-refractivity contribution in [2.24, 2.45) is 4.99 Å². The fourth-order valence-electron chi connectivity index (χ4n) is 1.25. The number of amidine groups is 1. The highest BCUT2D eigenvalue weighted by atomic mass is 32.2. The minimum absolute atomic E-state index is 0.0764. The molecule has 1 aliphatic rings. The Morgan fingerprint density at radius 1 is 1.47 bits per heavy atom. The lowest BCUT2D eigenvalue weighted by Gasteiger charge is -2.03. The average Bonchev–Trinajstić information content (AvgIpc) is 2.81. The normalized spacial score (nSPS) is 14.5. The molecule has 0 saturated carbocycles. The standard InChI is InChI=1S/C11H11FN2OS2/c12-8-1-3-9(4-2-8)17-7-10(15)14-11-13-5-6-16-11/h1-4H,5-7H2,(H,13,14,15). The molecule has 0 aromatic heterocycles. The largest absolute Gasteiger partial charge is 0.305 e. The summed E-state index contributed by atoms with van der Waals surface area (Å²) < 4.78 is 12.6. The van der Waals surface area contributed by atoms with Crippen LogP contribution in [0.1, 0.15) is 0 Å². The van der Waals surface area contributed by atoms with E-state index in [9.17, 15) is 9.18 Å². The summed E-state index contributed by atoms with van der Waals surface area (Å²) in [6.07, 6.45) is 0. The van der Waals surface area contributed by atoms with Gasteiger partial charge in [-0.2, -0.15) is 0 Å². The second-order valence-corrected chi connectivity index (χ2v) is 5.46. The Hall–Kier alpha value is -1.01. The van der Waals surface area contributed by atoms with Gasteiger partial charge in [-0.15, -0.1) is 11.8 Å². The van der Waals surface area contributed by atoms with E-state index in [0.29, 0.717) is 10.9 Å². The predicted octanol–water partition coefficient (Wildman–Crippen LogP) is 2.14. The summed E-state index contributed by atoms with van der Waals surface area (Å²) in [6, 6.07) is 6.10. The maximum atomic E-state index is 12.6. The molecule has 1 aliphatic heterocycles. The lowest BCUT2D eigenvalue weighted by Crippen LogP contribution is -2.28. The third-order valence-corrected chi connectivity index (χ3v) is 3.92. The monoisotopic (exact) mass is 270 g/mol. The van der Waals surface area contributed by atoms with Crippen LogP contribution in [0.2, 0.25) is 0 Å². The second kappa shape index (κ2) is 6.07. The van der Waals surface area contributed by atoms with Crippen molar-refractivity contribution in [2.45, 2.75) is 4.90 Å². The average molecular weight is 270 g/mol. The number of amides is 1. The van der Waals surface area contributed by atoms with Gasteiger partial charge in [0.1, 0.15) is 5.82 Å². The maximum absolute atomic E-state index is 12.6. The Bertz CT molecular complexity index is 434. The number of benzene rings is 1. The summed E-state index contributed by atoms with van der Waals surface area (Å²) in [7, 11) is 0. The molecule has 1 aromatic rings. The van der Waals surface area contributed by atoms with Crippen LogP contribution in [-0.4, -0.2) is 29.1 Å². The minimum Gasteiger partial charge on any atom is -0.305 e. The van der Waals surface area contributed by atoms with E-state index in [-0.39, 0.29) is 11.7 Å². The smallest absolute Gasteiger partial charge is 0.236 e. The van der Waals surface area contributed by atoms with Crippen LogP contribution in [0.4, 0.5) is 4.39 Å². The molecule has 0 bridgehead atoms. The van der Waals surface area contributed by atoms with Crippen LogP contribution in [0, 0.1) is 5.82 Å². The highest BCUT2D eigenvalue weighted by molar-refractivity contribution is 8.14. The number of hydrogen-bond acceptors (Lipinski definition) is 4. The summed E-state index contributed by atoms with van der Waals surface area (Å²) in [6.45, 7) is 0.769. The Morgan fingerprint density at radius 2 is 2.24 bits per heavy atom. The van der Waals surface area contributed by atoms with Crippen LogP contribution in [0.3, 0.4) is 0 Å². The van der Waals surface area contributed by atoms with Gasteiger partial charge in [0.25, 0.3) is 0 Å². The van der Waals surface area contributed by atoms with E-state index >= 15 is 0 Å². The molecule has 2 rings (SSSR count). The molecule has 0 radical (unpaired) electrons. The summed E-state index contributed by atoms with van der Waals surface area (Å²) in [5.41, 5.74) is 0. The van der Waals surface area contributed by atoms with E-state index in [2.05, 4.69) is 10.3 Å². The number of hydrogen-bond donors (Lipinski definition) is 1. The Labute approximate surface area is 107 Å². The number of nitrogens with zero attached hydrogens (tertiary/aromatic N) is 1. The first-order valence-electron chi connectivity index (χ1n) is 5.09. The summed E-state index contributed by atoms with van der Waals surface area (Å²) in [4.78, 5) is 16.5. The zero-order valence-electron chi connectivity index (χ0n) is 8.98. The van der Waals surface area contributed by atoms with Gasteiger partial charge in [0.05, 0.1) is 12.3 Å². The highest BCUT2D eigenvalue weighted by Crippen LogP contribution is 2.18. The SMILES string of the molecule is O=C(CSc1ccc(F)cc1)NC1=NCCS1. The molecule has 0 aliphatic carbocycles. The first kappa shape index (κ1) is 12.4. The van der Waals surface area contributed by atoms with Crippen molar-refractivity contribution < 1.29 is 9.18 Å². The number of carbonyl (C=O) groups is 1. The van der Waals surface area contributed by atoms with Crippen molar-refractivity contribution in [1.29, 1.82) is 0 Å². The molecular weight excluding hydrogens is 259 g/mol. The minimum atomic E-state index is -0.268. The second-order valence-electron chi connectivity index (χ2n) is 3.33. The molecule has 90 valence electrons. The number of carbonyl (C=O) groups excluding carboxylic acids is 1. The van der Waals surface area contributed by atoms with Crippen molar-refractivity contribution in [3.63, 3.8) is 0 Å². The maximum Gasteiger partial charge on any atom is 0.236 e. The van der Waals surface area contributed by atoms with E-state index in [4.69, 9.17) is 0 Å². The Kier molecular flexibility index (Phi) is 4.44. The molecule has 0 spiro atoms. The zero-order valence-corrected chi connectivity index (χ0v) is 10.6. The third kappa shape index (κ3) is 4.05. The molecular formula is C11H11FN2OS2. The van der Waals surface area contributed by atoms with Crippen LogP contribution in [0.25, 0.3) is 0 Å². The van der Waals surface area contributed by atoms with Crippen molar-refractivity contribution in [2.75, 3.05) is 18.1 Å². The van der Waals surface area contributed by atoms with E-state index in [0.717, 1.165) is 17.2 Å². The lowest BCUT2D eigenvalue weighted by molar-refractivity contribution is -0.117. The van der Waals surface area contributed by atoms with Crippen molar-refractivity contribution >= 4 is 34.6 Å². The molecule has 0 atom stereocenters. The van der Waals surface area contributed by atoms with Gasteiger partial charge in [0.15, 0.2) is 5.17 Å². The van der Waals surface area contributed by atoms with Gasteiger partial charge in [0.2, 0.25) is 5.91 Å². The van der Waals surface area contributed by atoms with Gasteiger partial charge in [0, 0.05) is 10.6 Å². The fraction of sp³-hybridized carbons (Fsp3) is 0.273. The zero-order chi connectivity index (χ0) is 12.1. The number of aliphatic imine (C=N–C) groups is 1. The summed E-state index contributed by atoms with van der Waals surface area (Å²) in [5, 5.41) is 3.44. The van der Waals surface area contributed by atoms with Crippen LogP contribution in [-0.2, 0) is 4.79 Å². The van der Waals surface area contributed by atoms with Gasteiger partial charge >= 0.3 is 0 Å². The first-order chi connectivity index (χ1) is 8.24. The molecule has 3 nitrogen and oxygen atoms in total. The van der Waals surface area contributed by atoms with E-state index < -0.39 is 0 Å². The van der Waals surface area contributed by atoms with Crippen molar-refractivity contribution in [3.05, 3.63) is 30.1 Å². The summed E-state index contributed by atoms with van der Waals surface area (Å²) >= 11 is 2.93. The first-order valence-corrected chi connectivity index (χ1v) is 7.06. The van der Waals surface area contributed by atoms with Gasteiger partial charge in [-0.1, -0.05) is 11.8 Å². The third-order valence-electron chi connectivity index (χ3n) is 2.02. The lowest BCUT2D eigenvalue weighted by atomic mass is 10.4. The highest BCUT2D eigenvalue weighted by Gasteiger charge is 2.10. The van der Waals surface area contributed by atoms with Crippen LogP contribution in [0.15, 0.2) is 34.2 Å². The molecule has 1 N–H and O–H groups in total. The molecule has 17 heavy (non-hydrogen) atoms. The predicted molar refractivity (Wildman–Crippen MR) is 70.0 cm³/mol. The molecule has 6 heteroatoms. The molecule has 1 heterocycles. The number of halogens is 1. The number of thioether (sulfide) groups is 2. The quantitative estimate of drug-likeness (QED) is 0.856. The van der Waals surface area contributed by atoms with E-state index in [1.54, 1.807) is 23.9 Å². The Balaban J connectivity index is 1.77.